The van der Waals surface area contributed by atoms with Crippen molar-refractivity contribution in [3.05, 3.63) is 17.5 Å². The monoisotopic (exact) mass is 256 g/mol. The molecule has 0 aliphatic heterocycles. The highest BCUT2D eigenvalue weighted by molar-refractivity contribution is 7.99. The standard InChI is InChI=1S/C11H16N2O3S/c1-4-16-11(15)10-7(2)12-5-8(10)13-9(14)6-17-3/h5,12H,4,6H2,1-3H3,(H,13,14). The molecule has 6 heteroatoms. The van der Waals surface area contributed by atoms with Gasteiger partial charge in [0.15, 0.2) is 0 Å². The molecule has 17 heavy (non-hydrogen) atoms. The molecule has 2 N–H and O–H groups in total. The Bertz CT molecular complexity index is 415. The third kappa shape index (κ3) is 3.52. The highest BCUT2D eigenvalue weighted by Gasteiger charge is 2.18. The van der Waals surface area contributed by atoms with Crippen molar-refractivity contribution in [1.82, 2.24) is 4.98 Å². The topological polar surface area (TPSA) is 71.2 Å². The molecule has 94 valence electrons. The fourth-order valence-corrected chi connectivity index (χ4v) is 1.74. The van der Waals surface area contributed by atoms with Crippen LogP contribution in [0.2, 0.25) is 0 Å². The predicted molar refractivity (Wildman–Crippen MR) is 68.5 cm³/mol. The lowest BCUT2D eigenvalue weighted by molar-refractivity contribution is -0.113. The van der Waals surface area contributed by atoms with Gasteiger partial charge in [0.1, 0.15) is 5.56 Å². The zero-order valence-corrected chi connectivity index (χ0v) is 10.9. The lowest BCUT2D eigenvalue weighted by Gasteiger charge is -2.06. The van der Waals surface area contributed by atoms with E-state index in [0.717, 1.165) is 0 Å². The van der Waals surface area contributed by atoms with E-state index in [1.807, 2.05) is 6.26 Å². The molecule has 1 heterocycles. The van der Waals surface area contributed by atoms with E-state index in [-0.39, 0.29) is 5.91 Å². The van der Waals surface area contributed by atoms with Crippen LogP contribution in [0.15, 0.2) is 6.20 Å². The second-order valence-corrected chi connectivity index (χ2v) is 4.27. The second kappa shape index (κ2) is 6.34. The first-order valence-electron chi connectivity index (χ1n) is 5.24. The quantitative estimate of drug-likeness (QED) is 0.788. The van der Waals surface area contributed by atoms with Crippen LogP contribution in [0.4, 0.5) is 5.69 Å². The van der Waals surface area contributed by atoms with Crippen LogP contribution in [-0.4, -0.2) is 35.5 Å². The Morgan fingerprint density at radius 2 is 2.24 bits per heavy atom. The number of aromatic amines is 1. The van der Waals surface area contributed by atoms with Crippen molar-refractivity contribution in [2.24, 2.45) is 0 Å². The molecule has 0 aliphatic carbocycles. The van der Waals surface area contributed by atoms with Gasteiger partial charge < -0.3 is 15.0 Å². The lowest BCUT2D eigenvalue weighted by atomic mass is 10.2. The van der Waals surface area contributed by atoms with Crippen LogP contribution in [0.25, 0.3) is 0 Å². The first kappa shape index (κ1) is 13.6. The number of hydrogen-bond acceptors (Lipinski definition) is 4. The van der Waals surface area contributed by atoms with Gasteiger partial charge in [0, 0.05) is 11.9 Å². The number of aryl methyl sites for hydroxylation is 1. The second-order valence-electron chi connectivity index (χ2n) is 3.40. The summed E-state index contributed by atoms with van der Waals surface area (Å²) in [5.41, 5.74) is 1.55. The summed E-state index contributed by atoms with van der Waals surface area (Å²) in [5, 5.41) is 2.68. The third-order valence-electron chi connectivity index (χ3n) is 2.11. The molecule has 1 aromatic heterocycles. The molecule has 0 aliphatic rings. The summed E-state index contributed by atoms with van der Waals surface area (Å²) in [7, 11) is 0. The number of esters is 1. The lowest BCUT2D eigenvalue weighted by Crippen LogP contribution is -2.16. The molecule has 0 unspecified atom stereocenters. The van der Waals surface area contributed by atoms with Crippen LogP contribution < -0.4 is 5.32 Å². The third-order valence-corrected chi connectivity index (χ3v) is 2.66. The predicted octanol–water partition coefficient (Wildman–Crippen LogP) is 1.80. The Morgan fingerprint density at radius 1 is 1.53 bits per heavy atom. The normalized spacial score (nSPS) is 10.1. The van der Waals surface area contributed by atoms with Gasteiger partial charge >= 0.3 is 5.97 Å². The maximum atomic E-state index is 11.7. The molecule has 0 saturated heterocycles. The summed E-state index contributed by atoms with van der Waals surface area (Å²) >= 11 is 1.42. The largest absolute Gasteiger partial charge is 0.462 e. The molecule has 0 spiro atoms. The molecular formula is C11H16N2O3S. The van der Waals surface area contributed by atoms with E-state index >= 15 is 0 Å². The summed E-state index contributed by atoms with van der Waals surface area (Å²) in [5.74, 6) is -0.209. The summed E-state index contributed by atoms with van der Waals surface area (Å²) in [6.45, 7) is 3.81. The van der Waals surface area contributed by atoms with Gasteiger partial charge in [-0.3, -0.25) is 4.79 Å². The van der Waals surface area contributed by atoms with Gasteiger partial charge in [-0.25, -0.2) is 4.79 Å². The van der Waals surface area contributed by atoms with Crippen molar-refractivity contribution in [2.45, 2.75) is 13.8 Å². The van der Waals surface area contributed by atoms with Gasteiger partial charge in [-0.1, -0.05) is 0 Å². The van der Waals surface area contributed by atoms with Crippen molar-refractivity contribution < 1.29 is 14.3 Å². The first-order chi connectivity index (χ1) is 8.10. The number of hydrogen-bond donors (Lipinski definition) is 2. The Morgan fingerprint density at radius 3 is 2.82 bits per heavy atom. The number of nitrogens with one attached hydrogen (secondary N) is 2. The SMILES string of the molecule is CCOC(=O)c1c(NC(=O)CSC)c[nH]c1C. The Balaban J connectivity index is 2.86. The van der Waals surface area contributed by atoms with Crippen molar-refractivity contribution in [3.8, 4) is 0 Å². The minimum absolute atomic E-state index is 0.137. The zero-order chi connectivity index (χ0) is 12.8. The molecule has 0 saturated carbocycles. The van der Waals surface area contributed by atoms with E-state index in [9.17, 15) is 9.59 Å². The highest BCUT2D eigenvalue weighted by Crippen LogP contribution is 2.20. The van der Waals surface area contributed by atoms with Gasteiger partial charge in [0.2, 0.25) is 5.91 Å². The molecule has 0 bridgehead atoms. The molecule has 1 aromatic rings. The Kier molecular flexibility index (Phi) is 5.09. The highest BCUT2D eigenvalue weighted by atomic mass is 32.2. The zero-order valence-electron chi connectivity index (χ0n) is 10.1. The van der Waals surface area contributed by atoms with Crippen molar-refractivity contribution in [1.29, 1.82) is 0 Å². The maximum Gasteiger partial charge on any atom is 0.342 e. The number of carbonyl (C=O) groups excluding carboxylic acids is 2. The van der Waals surface area contributed by atoms with E-state index in [0.29, 0.717) is 29.3 Å². The van der Waals surface area contributed by atoms with E-state index in [1.54, 1.807) is 20.0 Å². The minimum atomic E-state index is -0.425. The van der Waals surface area contributed by atoms with Crippen molar-refractivity contribution >= 4 is 29.3 Å². The van der Waals surface area contributed by atoms with Crippen LogP contribution in [-0.2, 0) is 9.53 Å². The number of carbonyl (C=O) groups is 2. The number of thioether (sulfide) groups is 1. The molecule has 5 nitrogen and oxygen atoms in total. The van der Waals surface area contributed by atoms with E-state index < -0.39 is 5.97 Å². The molecule has 0 atom stereocenters. The fraction of sp³-hybridized carbons (Fsp3) is 0.455. The van der Waals surface area contributed by atoms with Crippen LogP contribution in [0.1, 0.15) is 23.0 Å². The molecule has 1 rings (SSSR count). The summed E-state index contributed by atoms with van der Waals surface area (Å²) in [4.78, 5) is 26.0. The average molecular weight is 256 g/mol. The summed E-state index contributed by atoms with van der Waals surface area (Å²) in [6, 6.07) is 0. The minimum Gasteiger partial charge on any atom is -0.462 e. The molecule has 1 amide bonds. The molecule has 0 radical (unpaired) electrons. The van der Waals surface area contributed by atoms with Gasteiger partial charge in [-0.05, 0) is 20.1 Å². The van der Waals surface area contributed by atoms with E-state index in [2.05, 4.69) is 10.3 Å². The Labute approximate surface area is 104 Å². The summed E-state index contributed by atoms with van der Waals surface area (Å²) < 4.78 is 4.93. The molecule has 0 fully saturated rings. The first-order valence-corrected chi connectivity index (χ1v) is 6.63. The van der Waals surface area contributed by atoms with Gasteiger partial charge in [0.05, 0.1) is 18.0 Å². The number of ether oxygens (including phenoxy) is 1. The summed E-state index contributed by atoms with van der Waals surface area (Å²) in [6.07, 6.45) is 3.44. The van der Waals surface area contributed by atoms with Crippen LogP contribution in [0.3, 0.4) is 0 Å². The van der Waals surface area contributed by atoms with E-state index in [1.165, 1.54) is 11.8 Å². The average Bonchev–Trinajstić information content (AvgIpc) is 2.60. The number of rotatable bonds is 5. The van der Waals surface area contributed by atoms with Gasteiger partial charge in [-0.2, -0.15) is 11.8 Å². The number of anilines is 1. The van der Waals surface area contributed by atoms with Crippen molar-refractivity contribution in [2.75, 3.05) is 23.9 Å². The molecule has 0 aromatic carbocycles. The van der Waals surface area contributed by atoms with Crippen LogP contribution >= 0.6 is 11.8 Å². The number of H-pyrrole nitrogens is 1. The van der Waals surface area contributed by atoms with Gasteiger partial charge in [0.25, 0.3) is 0 Å². The van der Waals surface area contributed by atoms with Crippen LogP contribution in [0, 0.1) is 6.92 Å². The number of amides is 1. The maximum absolute atomic E-state index is 11.7. The van der Waals surface area contributed by atoms with Crippen LogP contribution in [0.5, 0.6) is 0 Å². The smallest absolute Gasteiger partial charge is 0.342 e. The Hall–Kier alpha value is -1.43. The fourth-order valence-electron chi connectivity index (χ4n) is 1.41. The van der Waals surface area contributed by atoms with Gasteiger partial charge in [-0.15, -0.1) is 0 Å². The number of aromatic nitrogens is 1. The van der Waals surface area contributed by atoms with Crippen molar-refractivity contribution in [3.63, 3.8) is 0 Å². The molecular weight excluding hydrogens is 240 g/mol. The van der Waals surface area contributed by atoms with E-state index in [4.69, 9.17) is 4.74 Å².